The van der Waals surface area contributed by atoms with E-state index in [2.05, 4.69) is 35.4 Å². The summed E-state index contributed by atoms with van der Waals surface area (Å²) in [5.74, 6) is 0. The van der Waals surface area contributed by atoms with Crippen LogP contribution in [0.5, 0.6) is 0 Å². The number of carbonyl (C=O) groups excluding carboxylic acids is 1. The summed E-state index contributed by atoms with van der Waals surface area (Å²) in [5.41, 5.74) is 1.90. The molecule has 1 aromatic rings. The second kappa shape index (κ2) is 10.6. The second-order valence-electron chi connectivity index (χ2n) is 12.4. The van der Waals surface area contributed by atoms with E-state index in [9.17, 15) is 9.90 Å². The van der Waals surface area contributed by atoms with Crippen molar-refractivity contribution >= 4 is 17.5 Å². The highest BCUT2D eigenvalue weighted by molar-refractivity contribution is 5.89. The van der Waals surface area contributed by atoms with Crippen molar-refractivity contribution in [2.24, 2.45) is 0 Å². The highest BCUT2D eigenvalue weighted by Crippen LogP contribution is 2.33. The summed E-state index contributed by atoms with van der Waals surface area (Å²) in [4.78, 5) is 16.9. The summed E-state index contributed by atoms with van der Waals surface area (Å²) in [6, 6.07) is 6.32. The monoisotopic (exact) mass is 490 g/mol. The van der Waals surface area contributed by atoms with Crippen molar-refractivity contribution in [2.75, 3.05) is 36.8 Å². The maximum absolute atomic E-state index is 12.3. The number of nitrogens with zero attached hydrogens (tertiary/aromatic N) is 2. The van der Waals surface area contributed by atoms with Crippen molar-refractivity contribution in [2.45, 2.75) is 104 Å². The molecule has 2 fully saturated rings. The van der Waals surface area contributed by atoms with Crippen LogP contribution in [0.1, 0.15) is 73.3 Å². The first kappa shape index (κ1) is 27.7. The molecule has 2 saturated heterocycles. The first-order chi connectivity index (χ1) is 16.1. The summed E-state index contributed by atoms with van der Waals surface area (Å²) in [5, 5.41) is 17.1. The zero-order valence-electron chi connectivity index (χ0n) is 22.9. The van der Waals surface area contributed by atoms with Gasteiger partial charge in [0.2, 0.25) is 6.41 Å². The van der Waals surface area contributed by atoms with Gasteiger partial charge in [0, 0.05) is 37.8 Å². The Hall–Kier alpha value is -1.87. The summed E-state index contributed by atoms with van der Waals surface area (Å²) < 4.78 is 11.2. The molecule has 35 heavy (non-hydrogen) atoms. The first-order valence-corrected chi connectivity index (χ1v) is 12.9. The van der Waals surface area contributed by atoms with Crippen molar-refractivity contribution in [1.29, 1.82) is 0 Å². The first-order valence-electron chi connectivity index (χ1n) is 12.9. The Morgan fingerprint density at radius 1 is 1.09 bits per heavy atom. The molecule has 2 heterocycles. The van der Waals surface area contributed by atoms with Crippen LogP contribution in [-0.2, 0) is 9.47 Å². The number of amides is 1. The van der Waals surface area contributed by atoms with E-state index >= 15 is 0 Å². The number of hydrogen-bond donors (Lipinski definition) is 3. The number of aliphatic hydroxyl groups excluding tert-OH is 1. The van der Waals surface area contributed by atoms with Crippen molar-refractivity contribution in [3.8, 4) is 0 Å². The fraction of sp³-hybridized carbons (Fsp3) is 0.741. The molecule has 8 heteroatoms. The van der Waals surface area contributed by atoms with E-state index in [4.69, 9.17) is 9.47 Å². The van der Waals surface area contributed by atoms with Crippen molar-refractivity contribution < 1.29 is 19.4 Å². The third-order valence-electron chi connectivity index (χ3n) is 6.68. The number of piperidine rings is 1. The number of benzene rings is 1. The highest BCUT2D eigenvalue weighted by Gasteiger charge is 2.42. The van der Waals surface area contributed by atoms with E-state index in [0.29, 0.717) is 6.04 Å². The van der Waals surface area contributed by atoms with Gasteiger partial charge in [0.1, 0.15) is 5.60 Å². The number of aryl methyl sites for hydroxylation is 1. The van der Waals surface area contributed by atoms with Crippen LogP contribution in [0.15, 0.2) is 18.2 Å². The van der Waals surface area contributed by atoms with Gasteiger partial charge in [-0.3, -0.25) is 15.1 Å². The fourth-order valence-electron chi connectivity index (χ4n) is 4.90. The van der Waals surface area contributed by atoms with Gasteiger partial charge in [0.05, 0.1) is 17.0 Å². The lowest BCUT2D eigenvalue weighted by Crippen LogP contribution is -2.54. The summed E-state index contributed by atoms with van der Waals surface area (Å²) >= 11 is 0. The van der Waals surface area contributed by atoms with E-state index in [-0.39, 0.29) is 11.1 Å². The molecule has 198 valence electrons. The summed E-state index contributed by atoms with van der Waals surface area (Å²) in [7, 11) is 0. The highest BCUT2D eigenvalue weighted by atomic mass is 16.6. The number of hydrogen-bond acceptors (Lipinski definition) is 7. The van der Waals surface area contributed by atoms with Crippen LogP contribution < -0.4 is 10.6 Å². The standard InChI is InChI=1S/C27H46N4O4/c1-19-9-10-21(29-23(32)34-25(2,3)4)22(17-19)28-20-11-14-31(15-12-20)27(8)13-16-30(18-27)24(33)35-26(5,6)7/h9-10,17,20,24,28,33H,11-16,18H2,1-8H3,(H,29,32). The molecule has 0 spiro atoms. The Kier molecular flexibility index (Phi) is 8.41. The van der Waals surface area contributed by atoms with Crippen LogP contribution in [-0.4, -0.2) is 76.4 Å². The lowest BCUT2D eigenvalue weighted by Gasteiger charge is -2.43. The molecular formula is C27H46N4O4. The van der Waals surface area contributed by atoms with Crippen molar-refractivity contribution in [3.63, 3.8) is 0 Å². The van der Waals surface area contributed by atoms with Gasteiger partial charge in [-0.25, -0.2) is 4.79 Å². The SMILES string of the molecule is Cc1ccc(NC(=O)OC(C)(C)C)c(NC2CCN(C3(C)CCN(C(O)OC(C)(C)C)C3)CC2)c1. The third kappa shape index (κ3) is 8.07. The molecule has 1 aromatic carbocycles. The number of nitrogens with one attached hydrogen (secondary N) is 2. The van der Waals surface area contributed by atoms with E-state index < -0.39 is 18.1 Å². The van der Waals surface area contributed by atoms with E-state index in [0.717, 1.165) is 62.4 Å². The van der Waals surface area contributed by atoms with Gasteiger partial charge in [0.25, 0.3) is 0 Å². The van der Waals surface area contributed by atoms with Gasteiger partial charge in [-0.05, 0) is 92.3 Å². The number of rotatable bonds is 6. The largest absolute Gasteiger partial charge is 0.444 e. The molecule has 3 rings (SSSR count). The van der Waals surface area contributed by atoms with Gasteiger partial charge < -0.3 is 19.9 Å². The molecule has 0 aromatic heterocycles. The fourth-order valence-corrected chi connectivity index (χ4v) is 4.90. The minimum atomic E-state index is -0.867. The molecule has 0 bridgehead atoms. The number of ether oxygens (including phenoxy) is 2. The molecule has 2 aliphatic rings. The summed E-state index contributed by atoms with van der Waals surface area (Å²) in [6.45, 7) is 19.4. The number of carbonyl (C=O) groups is 1. The van der Waals surface area contributed by atoms with Crippen LogP contribution >= 0.6 is 0 Å². The molecule has 1 amide bonds. The topological polar surface area (TPSA) is 86.3 Å². The number of aliphatic hydroxyl groups is 1. The lowest BCUT2D eigenvalue weighted by atomic mass is 9.93. The van der Waals surface area contributed by atoms with Crippen LogP contribution in [0.4, 0.5) is 16.2 Å². The van der Waals surface area contributed by atoms with Crippen molar-refractivity contribution in [1.82, 2.24) is 9.80 Å². The number of anilines is 2. The Balaban J connectivity index is 1.56. The molecule has 2 unspecified atom stereocenters. The Morgan fingerprint density at radius 2 is 1.74 bits per heavy atom. The van der Waals surface area contributed by atoms with E-state index in [1.807, 2.05) is 58.6 Å². The normalized spacial score (nSPS) is 23.8. The maximum atomic E-state index is 12.3. The Labute approximate surface area is 211 Å². The van der Waals surface area contributed by atoms with Crippen molar-refractivity contribution in [3.05, 3.63) is 23.8 Å². The Bertz CT molecular complexity index is 871. The van der Waals surface area contributed by atoms with Gasteiger partial charge in [-0.1, -0.05) is 6.07 Å². The van der Waals surface area contributed by atoms with Crippen LogP contribution in [0.2, 0.25) is 0 Å². The molecule has 0 aliphatic carbocycles. The minimum Gasteiger partial charge on any atom is -0.444 e. The predicted octanol–water partition coefficient (Wildman–Crippen LogP) is 4.77. The zero-order chi connectivity index (χ0) is 26.0. The van der Waals surface area contributed by atoms with Gasteiger partial charge >= 0.3 is 6.09 Å². The smallest absolute Gasteiger partial charge is 0.412 e. The average molecular weight is 491 g/mol. The molecule has 2 aliphatic heterocycles. The molecular weight excluding hydrogens is 444 g/mol. The van der Waals surface area contributed by atoms with Gasteiger partial charge in [-0.15, -0.1) is 0 Å². The predicted molar refractivity (Wildman–Crippen MR) is 141 cm³/mol. The lowest BCUT2D eigenvalue weighted by molar-refractivity contribution is -0.235. The second-order valence-corrected chi connectivity index (χ2v) is 12.4. The molecule has 0 radical (unpaired) electrons. The number of likely N-dealkylation sites (tertiary alicyclic amines) is 2. The maximum Gasteiger partial charge on any atom is 0.412 e. The quantitative estimate of drug-likeness (QED) is 0.495. The zero-order valence-corrected chi connectivity index (χ0v) is 22.9. The van der Waals surface area contributed by atoms with Crippen LogP contribution in [0.25, 0.3) is 0 Å². The average Bonchev–Trinajstić information content (AvgIpc) is 3.11. The molecule has 3 N–H and O–H groups in total. The molecule has 8 nitrogen and oxygen atoms in total. The third-order valence-corrected chi connectivity index (χ3v) is 6.68. The van der Waals surface area contributed by atoms with Gasteiger partial charge in [-0.2, -0.15) is 0 Å². The molecule has 0 saturated carbocycles. The summed E-state index contributed by atoms with van der Waals surface area (Å²) in [6.07, 6.45) is 1.72. The van der Waals surface area contributed by atoms with Crippen LogP contribution in [0.3, 0.4) is 0 Å². The molecule has 2 atom stereocenters. The van der Waals surface area contributed by atoms with E-state index in [1.54, 1.807) is 0 Å². The van der Waals surface area contributed by atoms with E-state index in [1.165, 1.54) is 0 Å². The van der Waals surface area contributed by atoms with Crippen LogP contribution in [0, 0.1) is 6.92 Å². The van der Waals surface area contributed by atoms with Gasteiger partial charge in [0.15, 0.2) is 0 Å². The Morgan fingerprint density at radius 3 is 2.34 bits per heavy atom. The minimum absolute atomic E-state index is 0.0277.